The zero-order chi connectivity index (χ0) is 19.6. The lowest BCUT2D eigenvalue weighted by atomic mass is 10.3. The molecule has 146 valence electrons. The summed E-state index contributed by atoms with van der Waals surface area (Å²) in [5.74, 6) is 0.330. The second-order valence-electron chi connectivity index (χ2n) is 4.85. The van der Waals surface area contributed by atoms with Gasteiger partial charge in [-0.05, 0) is 44.4 Å². The van der Waals surface area contributed by atoms with Gasteiger partial charge < -0.3 is 16.2 Å². The second kappa shape index (κ2) is 10.8. The van der Waals surface area contributed by atoms with Crippen LogP contribution in [0.1, 0.15) is 5.69 Å². The highest BCUT2D eigenvalue weighted by Gasteiger charge is 2.17. The van der Waals surface area contributed by atoms with E-state index in [-0.39, 0.29) is 35.1 Å². The highest BCUT2D eigenvalue weighted by molar-refractivity contribution is 9.10. The molecule has 27 heavy (non-hydrogen) atoms. The topological polar surface area (TPSA) is 154 Å². The minimum atomic E-state index is -0.430. The maximum absolute atomic E-state index is 13.3. The molecule has 0 amide bonds. The predicted octanol–water partition coefficient (Wildman–Crippen LogP) is 1.02. The molecule has 0 aliphatic heterocycles. The first kappa shape index (κ1) is 21.1. The number of nitrogens with two attached hydrogens (primary N) is 1. The molecule has 1 aromatic carbocycles. The van der Waals surface area contributed by atoms with Crippen molar-refractivity contribution < 1.29 is 19.3 Å². The van der Waals surface area contributed by atoms with E-state index in [9.17, 15) is 9.60 Å². The van der Waals surface area contributed by atoms with E-state index >= 15 is 0 Å². The van der Waals surface area contributed by atoms with Crippen molar-refractivity contribution >= 4 is 45.2 Å². The first-order valence-electron chi connectivity index (χ1n) is 7.59. The van der Waals surface area contributed by atoms with E-state index < -0.39 is 5.82 Å². The van der Waals surface area contributed by atoms with Gasteiger partial charge in [-0.25, -0.2) is 14.0 Å². The van der Waals surface area contributed by atoms with Crippen LogP contribution < -0.4 is 16.5 Å². The van der Waals surface area contributed by atoms with Gasteiger partial charge in [-0.3, -0.25) is 15.7 Å². The molecule has 2 rings (SSSR count). The van der Waals surface area contributed by atoms with Gasteiger partial charge in [0.2, 0.25) is 0 Å². The van der Waals surface area contributed by atoms with E-state index in [0.717, 1.165) is 0 Å². The third-order valence-electron chi connectivity index (χ3n) is 2.96. The van der Waals surface area contributed by atoms with E-state index in [1.807, 2.05) is 5.48 Å². The smallest absolute Gasteiger partial charge is 0.188 e. The van der Waals surface area contributed by atoms with Crippen molar-refractivity contribution in [2.75, 3.05) is 25.4 Å². The summed E-state index contributed by atoms with van der Waals surface area (Å²) in [6.45, 7) is 0.624. The largest absolute Gasteiger partial charge is 0.394 e. The Morgan fingerprint density at radius 2 is 2.22 bits per heavy atom. The lowest BCUT2D eigenvalue weighted by molar-refractivity contribution is 0.234. The number of nitrogens with one attached hydrogen (secondary N) is 2. The van der Waals surface area contributed by atoms with Gasteiger partial charge in [0.1, 0.15) is 5.82 Å². The molecular formula is C14H17BrFN7O3S. The van der Waals surface area contributed by atoms with Crippen LogP contribution in [0.3, 0.4) is 0 Å². The van der Waals surface area contributed by atoms with E-state index in [2.05, 4.69) is 41.5 Å². The molecule has 1 aromatic heterocycles. The number of aliphatic imine (C=N–C) groups is 2. The van der Waals surface area contributed by atoms with Crippen molar-refractivity contribution in [1.82, 2.24) is 21.1 Å². The number of aliphatic hydroxyl groups is 1. The van der Waals surface area contributed by atoms with Crippen LogP contribution in [0.2, 0.25) is 0 Å². The second-order valence-corrected chi connectivity index (χ2v) is 6.79. The van der Waals surface area contributed by atoms with Crippen LogP contribution >= 0.6 is 27.7 Å². The molecule has 13 heteroatoms. The predicted molar refractivity (Wildman–Crippen MR) is 102 cm³/mol. The first-order valence-corrected chi connectivity index (χ1v) is 9.37. The van der Waals surface area contributed by atoms with Gasteiger partial charge in [-0.1, -0.05) is 11.8 Å². The minimum Gasteiger partial charge on any atom is -0.394 e. The number of aliphatic hydroxyl groups excluding tert-OH is 1. The molecule has 0 bridgehead atoms. The molecule has 0 aliphatic carbocycles. The third kappa shape index (κ3) is 6.46. The van der Waals surface area contributed by atoms with Crippen LogP contribution in [0.15, 0.2) is 42.3 Å². The molecule has 0 unspecified atom stereocenters. The number of rotatable bonds is 8. The number of nitrogens with zero attached hydrogens (tertiary/aromatic N) is 4. The molecule has 0 fully saturated rings. The lowest BCUT2D eigenvalue weighted by Crippen LogP contribution is -2.33. The number of benzene rings is 1. The Morgan fingerprint density at radius 1 is 1.41 bits per heavy atom. The summed E-state index contributed by atoms with van der Waals surface area (Å²) in [6.07, 6.45) is 0. The Kier molecular flexibility index (Phi) is 8.44. The molecule has 2 aromatic rings. The molecule has 0 radical (unpaired) electrons. The summed E-state index contributed by atoms with van der Waals surface area (Å²) in [7, 11) is 0. The number of hydrogen-bond donors (Lipinski definition) is 5. The monoisotopic (exact) mass is 461 g/mol. The van der Waals surface area contributed by atoms with Crippen LogP contribution in [-0.2, 0) is 0 Å². The number of halogens is 2. The van der Waals surface area contributed by atoms with Gasteiger partial charge in [0, 0.05) is 12.3 Å². The maximum atomic E-state index is 13.3. The fraction of sp³-hybridized carbons (Fsp3) is 0.286. The number of amidine groups is 1. The molecule has 0 saturated carbocycles. The average molecular weight is 462 g/mol. The summed E-state index contributed by atoms with van der Waals surface area (Å²) in [5.41, 5.74) is 8.13. The summed E-state index contributed by atoms with van der Waals surface area (Å²) >= 11 is 4.36. The van der Waals surface area contributed by atoms with Crippen molar-refractivity contribution in [3.8, 4) is 0 Å². The molecule has 0 spiro atoms. The lowest BCUT2D eigenvalue weighted by Gasteiger charge is -2.05. The quantitative estimate of drug-likeness (QED) is 0.127. The fourth-order valence-electron chi connectivity index (χ4n) is 1.79. The van der Waals surface area contributed by atoms with Gasteiger partial charge in [0.05, 0.1) is 23.3 Å². The van der Waals surface area contributed by atoms with Gasteiger partial charge in [-0.2, -0.15) is 0 Å². The number of guanidine groups is 1. The van der Waals surface area contributed by atoms with Crippen molar-refractivity contribution in [2.24, 2.45) is 15.7 Å². The zero-order valence-corrected chi connectivity index (χ0v) is 16.3. The third-order valence-corrected chi connectivity index (χ3v) is 4.52. The summed E-state index contributed by atoms with van der Waals surface area (Å²) in [5, 5.41) is 28.8. The van der Waals surface area contributed by atoms with Gasteiger partial charge in [-0.15, -0.1) is 0 Å². The van der Waals surface area contributed by atoms with Crippen molar-refractivity contribution in [2.45, 2.75) is 5.03 Å². The highest BCUT2D eigenvalue weighted by atomic mass is 79.9. The number of aromatic nitrogens is 2. The number of hydroxylamine groups is 1. The molecular weight excluding hydrogens is 445 g/mol. The SMILES string of the molecule is NC(=NCCO)NCCSc1nonc1C(=Nc1ccc(F)c(Br)c1)NO. The van der Waals surface area contributed by atoms with Crippen molar-refractivity contribution in [3.63, 3.8) is 0 Å². The Bertz CT molecular complexity index is 818. The normalized spacial score (nSPS) is 12.3. The molecule has 0 saturated heterocycles. The van der Waals surface area contributed by atoms with E-state index in [0.29, 0.717) is 23.0 Å². The number of thioether (sulfide) groups is 1. The zero-order valence-electron chi connectivity index (χ0n) is 13.9. The van der Waals surface area contributed by atoms with Crippen LogP contribution in [0.5, 0.6) is 0 Å². The van der Waals surface area contributed by atoms with Crippen LogP contribution in [-0.4, -0.2) is 57.9 Å². The van der Waals surface area contributed by atoms with Crippen LogP contribution in [0.4, 0.5) is 10.1 Å². The maximum Gasteiger partial charge on any atom is 0.188 e. The van der Waals surface area contributed by atoms with Crippen LogP contribution in [0, 0.1) is 5.82 Å². The Hall–Kier alpha value is -2.22. The minimum absolute atomic E-state index is 0.00533. The van der Waals surface area contributed by atoms with Crippen LogP contribution in [0.25, 0.3) is 0 Å². The summed E-state index contributed by atoms with van der Waals surface area (Å²) in [6, 6.07) is 4.13. The van der Waals surface area contributed by atoms with E-state index in [4.69, 9.17) is 15.5 Å². The Labute approximate surface area is 166 Å². The standard InChI is InChI=1S/C14H17BrFN7O3S/c15-9-7-8(1-2-10(9)16)20-12(21-25)11-13(23-26-22-11)27-6-4-19-14(17)18-3-5-24/h1-2,7,24-25H,3-6H2,(H,20,21)(H3,17,18,19). The first-order chi connectivity index (χ1) is 13.0. The van der Waals surface area contributed by atoms with Crippen molar-refractivity contribution in [1.29, 1.82) is 0 Å². The van der Waals surface area contributed by atoms with Gasteiger partial charge in [0.25, 0.3) is 0 Å². The highest BCUT2D eigenvalue weighted by Crippen LogP contribution is 2.24. The average Bonchev–Trinajstić information content (AvgIpc) is 3.12. The Morgan fingerprint density at radius 3 is 2.93 bits per heavy atom. The van der Waals surface area contributed by atoms with Gasteiger partial charge in [0.15, 0.2) is 22.5 Å². The van der Waals surface area contributed by atoms with E-state index in [1.165, 1.54) is 30.0 Å². The fourth-order valence-corrected chi connectivity index (χ4v) is 2.91. The molecule has 6 N–H and O–H groups in total. The molecule has 10 nitrogen and oxygen atoms in total. The molecule has 1 heterocycles. The summed E-state index contributed by atoms with van der Waals surface area (Å²) in [4.78, 5) is 8.06. The van der Waals surface area contributed by atoms with Gasteiger partial charge >= 0.3 is 0 Å². The van der Waals surface area contributed by atoms with E-state index in [1.54, 1.807) is 0 Å². The molecule has 0 aliphatic rings. The molecule has 0 atom stereocenters. The summed E-state index contributed by atoms with van der Waals surface area (Å²) < 4.78 is 18.3. The Balaban J connectivity index is 2.03. The van der Waals surface area contributed by atoms with Crippen molar-refractivity contribution in [3.05, 3.63) is 34.2 Å². The number of hydrogen-bond acceptors (Lipinski definition) is 8.